The second-order valence-corrected chi connectivity index (χ2v) is 4.98. The summed E-state index contributed by atoms with van der Waals surface area (Å²) in [5.41, 5.74) is 5.64. The van der Waals surface area contributed by atoms with Gasteiger partial charge in [-0.2, -0.15) is 11.8 Å². The molecule has 0 aromatic carbocycles. The second-order valence-electron chi connectivity index (χ2n) is 3.83. The third-order valence-electron chi connectivity index (χ3n) is 2.28. The lowest BCUT2D eigenvalue weighted by molar-refractivity contribution is -0.146. The number of alkyl carbamates (subject to hydrolysis) is 1. The lowest BCUT2D eigenvalue weighted by atomic mass is 10.2. The molecule has 0 radical (unpaired) electrons. The molecular weight excluding hydrogens is 302 g/mol. The minimum atomic E-state index is -1.13. The van der Waals surface area contributed by atoms with E-state index in [1.165, 1.54) is 18.8 Å². The van der Waals surface area contributed by atoms with Crippen LogP contribution in [0.5, 0.6) is 0 Å². The summed E-state index contributed by atoms with van der Waals surface area (Å²) in [6, 6.07) is -1.98. The van der Waals surface area contributed by atoms with Crippen LogP contribution in [0.15, 0.2) is 0 Å². The number of hydrogen-bond acceptors (Lipinski definition) is 8. The number of hydrogen-bond donors (Lipinski definition) is 4. The molecule has 0 saturated carbocycles. The Hall–Kier alpha value is -1.52. The first-order chi connectivity index (χ1) is 9.96. The molecule has 0 spiro atoms. The lowest BCUT2D eigenvalue weighted by Crippen LogP contribution is -2.51. The van der Waals surface area contributed by atoms with Crippen LogP contribution in [-0.4, -0.2) is 74.0 Å². The quantitative estimate of drug-likeness (QED) is 0.284. The Morgan fingerprint density at radius 3 is 2.57 bits per heavy atom. The Morgan fingerprint density at radius 2 is 2.05 bits per heavy atom. The molecule has 0 aliphatic carbocycles. The first kappa shape index (κ1) is 19.5. The summed E-state index contributed by atoms with van der Waals surface area (Å²) in [5, 5.41) is 13.6. The maximum atomic E-state index is 11.7. The summed E-state index contributed by atoms with van der Waals surface area (Å²) >= 11 is 1.32. The van der Waals surface area contributed by atoms with Crippen LogP contribution in [0.2, 0.25) is 0 Å². The van der Waals surface area contributed by atoms with Gasteiger partial charge in [-0.3, -0.25) is 4.79 Å². The summed E-state index contributed by atoms with van der Waals surface area (Å²) < 4.78 is 9.17. The van der Waals surface area contributed by atoms with Gasteiger partial charge >= 0.3 is 12.1 Å². The molecule has 0 aliphatic heterocycles. The average molecular weight is 323 g/mol. The number of esters is 1. The van der Waals surface area contributed by atoms with E-state index in [2.05, 4.69) is 15.4 Å². The molecule has 2 atom stereocenters. The molecule has 9 nitrogen and oxygen atoms in total. The number of carbonyl (C=O) groups excluding carboxylic acids is 3. The van der Waals surface area contributed by atoms with Gasteiger partial charge in [0.1, 0.15) is 6.61 Å². The normalized spacial score (nSPS) is 13.0. The monoisotopic (exact) mass is 323 g/mol. The number of nitrogens with one attached hydrogen (secondary N) is 2. The van der Waals surface area contributed by atoms with Crippen molar-refractivity contribution in [3.63, 3.8) is 0 Å². The molecule has 21 heavy (non-hydrogen) atoms. The van der Waals surface area contributed by atoms with Gasteiger partial charge in [-0.25, -0.2) is 9.59 Å². The van der Waals surface area contributed by atoms with E-state index in [0.29, 0.717) is 5.75 Å². The molecule has 0 fully saturated rings. The van der Waals surface area contributed by atoms with Crippen molar-refractivity contribution in [3.8, 4) is 0 Å². The first-order valence-corrected chi connectivity index (χ1v) is 7.28. The third kappa shape index (κ3) is 8.38. The number of methoxy groups -OCH3 is 1. The summed E-state index contributed by atoms with van der Waals surface area (Å²) in [7, 11) is 2.61. The van der Waals surface area contributed by atoms with Crippen molar-refractivity contribution in [1.82, 2.24) is 10.6 Å². The van der Waals surface area contributed by atoms with Crippen molar-refractivity contribution >= 4 is 29.7 Å². The molecule has 2 amide bonds. The zero-order valence-corrected chi connectivity index (χ0v) is 12.8. The number of thioether (sulfide) groups is 1. The molecule has 0 unspecified atom stereocenters. The van der Waals surface area contributed by atoms with Crippen LogP contribution < -0.4 is 16.4 Å². The Morgan fingerprint density at radius 1 is 1.38 bits per heavy atom. The molecule has 0 aliphatic rings. The van der Waals surface area contributed by atoms with Gasteiger partial charge in [-0.15, -0.1) is 0 Å². The SMILES string of the molecule is CNC(=O)OCCSC[C@H](N)C(=O)N[C@@H](CO)C(=O)OC. The van der Waals surface area contributed by atoms with Crippen molar-refractivity contribution in [1.29, 1.82) is 0 Å². The van der Waals surface area contributed by atoms with Gasteiger partial charge in [-0.1, -0.05) is 0 Å². The minimum Gasteiger partial charge on any atom is -0.467 e. The Kier molecular flexibility index (Phi) is 10.4. The highest BCUT2D eigenvalue weighted by atomic mass is 32.2. The van der Waals surface area contributed by atoms with E-state index in [-0.39, 0.29) is 12.4 Å². The number of nitrogens with two attached hydrogens (primary N) is 1. The van der Waals surface area contributed by atoms with E-state index in [1.807, 2.05) is 0 Å². The topological polar surface area (TPSA) is 140 Å². The lowest BCUT2D eigenvalue weighted by Gasteiger charge is -2.17. The van der Waals surface area contributed by atoms with Crippen molar-refractivity contribution in [2.24, 2.45) is 5.73 Å². The number of aliphatic hydroxyl groups excluding tert-OH is 1. The highest BCUT2D eigenvalue weighted by Crippen LogP contribution is 2.02. The molecule has 122 valence electrons. The van der Waals surface area contributed by atoms with Crippen molar-refractivity contribution < 1.29 is 29.0 Å². The zero-order chi connectivity index (χ0) is 16.3. The van der Waals surface area contributed by atoms with E-state index in [1.54, 1.807) is 0 Å². The molecule has 0 aromatic heterocycles. The molecular formula is C11H21N3O6S. The van der Waals surface area contributed by atoms with Crippen LogP contribution in [-0.2, 0) is 19.1 Å². The molecule has 0 saturated heterocycles. The average Bonchev–Trinajstić information content (AvgIpc) is 2.50. The van der Waals surface area contributed by atoms with E-state index >= 15 is 0 Å². The van der Waals surface area contributed by atoms with Gasteiger partial charge in [0.15, 0.2) is 6.04 Å². The van der Waals surface area contributed by atoms with E-state index in [4.69, 9.17) is 15.6 Å². The molecule has 0 rings (SSSR count). The minimum absolute atomic E-state index is 0.195. The van der Waals surface area contributed by atoms with Crippen LogP contribution in [0.1, 0.15) is 0 Å². The standard InChI is InChI=1S/C11H21N3O6S/c1-13-11(18)20-3-4-21-6-7(12)9(16)14-8(5-15)10(17)19-2/h7-8,15H,3-6,12H2,1-2H3,(H,13,18)(H,14,16)/t7-,8-/m0/s1. The smallest absolute Gasteiger partial charge is 0.406 e. The van der Waals surface area contributed by atoms with Crippen LogP contribution in [0.4, 0.5) is 4.79 Å². The van der Waals surface area contributed by atoms with Crippen molar-refractivity contribution in [3.05, 3.63) is 0 Å². The van der Waals surface area contributed by atoms with Crippen molar-refractivity contribution in [2.75, 3.05) is 38.9 Å². The number of rotatable bonds is 9. The van der Waals surface area contributed by atoms with Gasteiger partial charge in [0, 0.05) is 18.6 Å². The molecule has 10 heteroatoms. The fourth-order valence-corrected chi connectivity index (χ4v) is 1.92. The van der Waals surface area contributed by atoms with Crippen molar-refractivity contribution in [2.45, 2.75) is 12.1 Å². The van der Waals surface area contributed by atoms with Gasteiger partial charge < -0.3 is 30.9 Å². The molecule has 5 N–H and O–H groups in total. The first-order valence-electron chi connectivity index (χ1n) is 6.13. The van der Waals surface area contributed by atoms with E-state index in [0.717, 1.165) is 7.11 Å². The fraction of sp³-hybridized carbons (Fsp3) is 0.727. The predicted octanol–water partition coefficient (Wildman–Crippen LogP) is -1.95. The number of ether oxygens (including phenoxy) is 2. The summed E-state index contributed by atoms with van der Waals surface area (Å²) in [6.45, 7) is -0.377. The van der Waals surface area contributed by atoms with Gasteiger partial charge in [0.05, 0.1) is 19.8 Å². The number of amides is 2. The van der Waals surface area contributed by atoms with Gasteiger partial charge in [-0.05, 0) is 0 Å². The number of carbonyl (C=O) groups is 3. The summed E-state index contributed by atoms with van der Waals surface area (Å²) in [6.07, 6.45) is -0.526. The van der Waals surface area contributed by atoms with Crippen LogP contribution in [0, 0.1) is 0 Å². The Bertz CT molecular complexity index is 355. The van der Waals surface area contributed by atoms with Crippen LogP contribution >= 0.6 is 11.8 Å². The Balaban J connectivity index is 3.94. The highest BCUT2D eigenvalue weighted by molar-refractivity contribution is 7.99. The molecule has 0 aromatic rings. The van der Waals surface area contributed by atoms with Crippen LogP contribution in [0.25, 0.3) is 0 Å². The highest BCUT2D eigenvalue weighted by Gasteiger charge is 2.23. The predicted molar refractivity (Wildman–Crippen MR) is 76.7 cm³/mol. The summed E-state index contributed by atoms with van der Waals surface area (Å²) in [5.74, 6) is -0.555. The Labute approximate surface area is 126 Å². The maximum absolute atomic E-state index is 11.7. The van der Waals surface area contributed by atoms with Crippen LogP contribution in [0.3, 0.4) is 0 Å². The van der Waals surface area contributed by atoms with Gasteiger partial charge in [0.2, 0.25) is 5.91 Å². The third-order valence-corrected chi connectivity index (χ3v) is 3.33. The van der Waals surface area contributed by atoms with E-state index in [9.17, 15) is 14.4 Å². The van der Waals surface area contributed by atoms with E-state index < -0.39 is 36.7 Å². The van der Waals surface area contributed by atoms with Gasteiger partial charge in [0.25, 0.3) is 0 Å². The fourth-order valence-electron chi connectivity index (χ4n) is 1.15. The molecule has 0 heterocycles. The number of aliphatic hydroxyl groups is 1. The largest absolute Gasteiger partial charge is 0.467 e. The maximum Gasteiger partial charge on any atom is 0.406 e. The molecule has 0 bridgehead atoms. The summed E-state index contributed by atoms with van der Waals surface area (Å²) in [4.78, 5) is 33.6. The zero-order valence-electron chi connectivity index (χ0n) is 12.0. The second kappa shape index (κ2) is 11.2.